The summed E-state index contributed by atoms with van der Waals surface area (Å²) in [6.07, 6.45) is 3.27. The number of methoxy groups -OCH3 is 2. The number of hydrogen-bond acceptors (Lipinski definition) is 8. The first-order chi connectivity index (χ1) is 17.6. The first kappa shape index (κ1) is 22.8. The summed E-state index contributed by atoms with van der Waals surface area (Å²) >= 11 is 0. The Bertz CT molecular complexity index is 1610. The van der Waals surface area contributed by atoms with Crippen LogP contribution in [0.2, 0.25) is 0 Å². The van der Waals surface area contributed by atoms with Gasteiger partial charge in [-0.25, -0.2) is 0 Å². The Morgan fingerprint density at radius 3 is 2.56 bits per heavy atom. The fraction of sp³-hybridized carbons (Fsp3) is 0.115. The van der Waals surface area contributed by atoms with Crippen LogP contribution < -0.4 is 20.3 Å². The van der Waals surface area contributed by atoms with Crippen molar-refractivity contribution in [3.8, 4) is 34.3 Å². The number of nitrogens with zero attached hydrogens (tertiary/aromatic N) is 4. The van der Waals surface area contributed by atoms with Crippen LogP contribution in [0.1, 0.15) is 0 Å². The molecule has 5 aromatic rings. The minimum Gasteiger partial charge on any atom is -0.493 e. The average molecular weight is 483 g/mol. The molecule has 0 unspecified atom stereocenters. The third-order valence-electron chi connectivity index (χ3n) is 5.58. The number of pyridine rings is 2. The minimum atomic E-state index is -0.380. The van der Waals surface area contributed by atoms with Crippen molar-refractivity contribution < 1.29 is 18.8 Å². The van der Waals surface area contributed by atoms with Gasteiger partial charge in [-0.2, -0.15) is 4.98 Å². The molecule has 1 N–H and O–H groups in total. The SMILES string of the molecule is COc1ccc(NC(=O)Cn2c(=O)cc(-c3nc(-c4ccncc4)no3)c3ccccc32)cc1OC. The van der Waals surface area contributed by atoms with Crippen LogP contribution in [-0.4, -0.2) is 39.8 Å². The zero-order valence-electron chi connectivity index (χ0n) is 19.5. The highest BCUT2D eigenvalue weighted by Crippen LogP contribution is 2.30. The van der Waals surface area contributed by atoms with Crippen molar-refractivity contribution in [1.29, 1.82) is 0 Å². The molecule has 1 amide bonds. The van der Waals surface area contributed by atoms with Crippen LogP contribution in [0.15, 0.2) is 82.4 Å². The zero-order valence-corrected chi connectivity index (χ0v) is 19.5. The Hall–Kier alpha value is -4.99. The van der Waals surface area contributed by atoms with Crippen LogP contribution in [0.25, 0.3) is 33.7 Å². The van der Waals surface area contributed by atoms with Gasteiger partial charge in [0, 0.05) is 41.2 Å². The Labute approximate surface area is 205 Å². The summed E-state index contributed by atoms with van der Waals surface area (Å²) in [5.74, 6) is 1.24. The number of rotatable bonds is 7. The average Bonchev–Trinajstić information content (AvgIpc) is 3.41. The third-order valence-corrected chi connectivity index (χ3v) is 5.58. The number of nitrogens with one attached hydrogen (secondary N) is 1. The Balaban J connectivity index is 1.47. The van der Waals surface area contributed by atoms with Crippen LogP contribution in [0.3, 0.4) is 0 Å². The minimum absolute atomic E-state index is 0.194. The number of fused-ring (bicyclic) bond motifs is 1. The van der Waals surface area contributed by atoms with Gasteiger partial charge >= 0.3 is 0 Å². The van der Waals surface area contributed by atoms with Crippen molar-refractivity contribution in [1.82, 2.24) is 19.7 Å². The van der Waals surface area contributed by atoms with Gasteiger partial charge in [-0.05, 0) is 30.3 Å². The Morgan fingerprint density at radius 2 is 1.78 bits per heavy atom. The molecule has 0 saturated heterocycles. The van der Waals surface area contributed by atoms with Gasteiger partial charge in [0.1, 0.15) is 6.54 Å². The van der Waals surface area contributed by atoms with E-state index in [0.29, 0.717) is 39.5 Å². The maximum Gasteiger partial charge on any atom is 0.259 e. The second kappa shape index (κ2) is 9.71. The fourth-order valence-electron chi connectivity index (χ4n) is 3.88. The van der Waals surface area contributed by atoms with Gasteiger partial charge < -0.3 is 19.3 Å². The predicted molar refractivity (Wildman–Crippen MR) is 133 cm³/mol. The fourth-order valence-corrected chi connectivity index (χ4v) is 3.88. The first-order valence-electron chi connectivity index (χ1n) is 11.0. The van der Waals surface area contributed by atoms with Crippen LogP contribution in [0, 0.1) is 0 Å². The molecule has 2 aromatic carbocycles. The lowest BCUT2D eigenvalue weighted by atomic mass is 10.1. The van der Waals surface area contributed by atoms with Gasteiger partial charge in [0.05, 0.1) is 25.3 Å². The summed E-state index contributed by atoms with van der Waals surface area (Å²) in [5, 5.41) is 7.53. The summed E-state index contributed by atoms with van der Waals surface area (Å²) in [5.41, 5.74) is 1.92. The second-order valence-electron chi connectivity index (χ2n) is 7.78. The van der Waals surface area contributed by atoms with Crippen molar-refractivity contribution >= 4 is 22.5 Å². The second-order valence-corrected chi connectivity index (χ2v) is 7.78. The quantitative estimate of drug-likeness (QED) is 0.371. The highest BCUT2D eigenvalue weighted by atomic mass is 16.5. The van der Waals surface area contributed by atoms with Gasteiger partial charge in [0.25, 0.3) is 11.4 Å². The largest absolute Gasteiger partial charge is 0.493 e. The Kier molecular flexibility index (Phi) is 6.14. The summed E-state index contributed by atoms with van der Waals surface area (Å²) in [4.78, 5) is 34.4. The molecule has 10 nitrogen and oxygen atoms in total. The van der Waals surface area contributed by atoms with E-state index in [-0.39, 0.29) is 23.9 Å². The van der Waals surface area contributed by atoms with E-state index in [4.69, 9.17) is 14.0 Å². The number of para-hydroxylation sites is 1. The van der Waals surface area contributed by atoms with Crippen molar-refractivity contribution in [2.24, 2.45) is 0 Å². The van der Waals surface area contributed by atoms with Gasteiger partial charge in [-0.1, -0.05) is 23.4 Å². The van der Waals surface area contributed by atoms with E-state index in [2.05, 4.69) is 20.4 Å². The summed E-state index contributed by atoms with van der Waals surface area (Å²) < 4.78 is 17.4. The molecule has 0 aliphatic carbocycles. The molecule has 36 heavy (non-hydrogen) atoms. The smallest absolute Gasteiger partial charge is 0.259 e. The standard InChI is InChI=1S/C26H21N5O5/c1-34-21-8-7-17(13-22(21)35-2)28-23(32)15-31-20-6-4-3-5-18(20)19(14-24(31)33)26-29-25(30-36-26)16-9-11-27-12-10-16/h3-14H,15H2,1-2H3,(H,28,32). The Morgan fingerprint density at radius 1 is 1.00 bits per heavy atom. The monoisotopic (exact) mass is 483 g/mol. The molecular weight excluding hydrogens is 462 g/mol. The van der Waals surface area contributed by atoms with E-state index in [9.17, 15) is 9.59 Å². The zero-order chi connectivity index (χ0) is 25.1. The number of aromatic nitrogens is 4. The molecule has 0 aliphatic heterocycles. The van der Waals surface area contributed by atoms with E-state index >= 15 is 0 Å². The van der Waals surface area contributed by atoms with E-state index in [1.54, 1.807) is 54.9 Å². The summed E-state index contributed by atoms with van der Waals surface area (Å²) in [6, 6.07) is 17.2. The van der Waals surface area contributed by atoms with E-state index in [1.807, 2.05) is 12.1 Å². The van der Waals surface area contributed by atoms with Crippen molar-refractivity contribution in [3.05, 3.63) is 83.4 Å². The molecule has 0 fully saturated rings. The van der Waals surface area contributed by atoms with Crippen LogP contribution in [0.4, 0.5) is 5.69 Å². The summed E-state index contributed by atoms with van der Waals surface area (Å²) in [7, 11) is 3.05. The molecule has 3 heterocycles. The molecule has 0 bridgehead atoms. The number of amides is 1. The number of anilines is 1. The van der Waals surface area contributed by atoms with Crippen molar-refractivity contribution in [2.75, 3.05) is 19.5 Å². The molecule has 0 saturated carbocycles. The van der Waals surface area contributed by atoms with Crippen molar-refractivity contribution in [3.63, 3.8) is 0 Å². The maximum atomic E-state index is 13.1. The van der Waals surface area contributed by atoms with Gasteiger partial charge in [0.2, 0.25) is 11.7 Å². The molecule has 10 heteroatoms. The lowest BCUT2D eigenvalue weighted by Gasteiger charge is -2.13. The third kappa shape index (κ3) is 4.39. The van der Waals surface area contributed by atoms with Crippen LogP contribution in [-0.2, 0) is 11.3 Å². The molecule has 0 aliphatic rings. The van der Waals surface area contributed by atoms with E-state index < -0.39 is 0 Å². The van der Waals surface area contributed by atoms with Crippen LogP contribution >= 0.6 is 0 Å². The van der Waals surface area contributed by atoms with Gasteiger partial charge in [-0.15, -0.1) is 0 Å². The normalized spacial score (nSPS) is 10.8. The molecule has 0 spiro atoms. The van der Waals surface area contributed by atoms with Gasteiger partial charge in [-0.3, -0.25) is 19.1 Å². The number of hydrogen-bond donors (Lipinski definition) is 1. The molecule has 0 radical (unpaired) electrons. The molecule has 3 aromatic heterocycles. The highest BCUT2D eigenvalue weighted by molar-refractivity contribution is 5.95. The molecule has 180 valence electrons. The lowest BCUT2D eigenvalue weighted by Crippen LogP contribution is -2.27. The molecule has 0 atom stereocenters. The van der Waals surface area contributed by atoms with Crippen molar-refractivity contribution in [2.45, 2.75) is 6.54 Å². The summed E-state index contributed by atoms with van der Waals surface area (Å²) in [6.45, 7) is -0.194. The molecule has 5 rings (SSSR count). The van der Waals surface area contributed by atoms with Crippen LogP contribution in [0.5, 0.6) is 11.5 Å². The van der Waals surface area contributed by atoms with E-state index in [1.165, 1.54) is 24.9 Å². The number of ether oxygens (including phenoxy) is 2. The first-order valence-corrected chi connectivity index (χ1v) is 11.0. The maximum absolute atomic E-state index is 13.1. The predicted octanol–water partition coefficient (Wildman–Crippen LogP) is 3.77. The van der Waals surface area contributed by atoms with Gasteiger partial charge in [0.15, 0.2) is 11.5 Å². The number of carbonyl (C=O) groups is 1. The molecular formula is C26H21N5O5. The highest BCUT2D eigenvalue weighted by Gasteiger charge is 2.18. The topological polar surface area (TPSA) is 121 Å². The number of carbonyl (C=O) groups excluding carboxylic acids is 1. The van der Waals surface area contributed by atoms with E-state index in [0.717, 1.165) is 5.56 Å². The lowest BCUT2D eigenvalue weighted by molar-refractivity contribution is -0.116. The number of benzene rings is 2.